The SMILES string of the molecule is CCOc1ccccc1NC(=O)[C@@H](C)NS(=O)(=O)c1ccc2ccccc2c1. The zero-order chi connectivity index (χ0) is 20.1. The summed E-state index contributed by atoms with van der Waals surface area (Å²) >= 11 is 0. The number of rotatable bonds is 7. The van der Waals surface area contributed by atoms with Crippen molar-refractivity contribution in [3.8, 4) is 5.75 Å². The standard InChI is InChI=1S/C21H22N2O4S/c1-3-27-20-11-7-6-10-19(20)22-21(24)15(2)23-28(25,26)18-13-12-16-8-4-5-9-17(16)14-18/h4-15,23H,3H2,1-2H3,(H,22,24)/t15-/m1/s1. The average molecular weight is 398 g/mol. The van der Waals surface area contributed by atoms with E-state index in [1.165, 1.54) is 13.0 Å². The Bertz CT molecular complexity index is 1100. The molecule has 1 atom stereocenters. The number of hydrogen-bond donors (Lipinski definition) is 2. The number of carbonyl (C=O) groups is 1. The second kappa shape index (κ2) is 8.41. The maximum Gasteiger partial charge on any atom is 0.242 e. The van der Waals surface area contributed by atoms with Gasteiger partial charge in [-0.25, -0.2) is 8.42 Å². The lowest BCUT2D eigenvalue weighted by atomic mass is 10.1. The van der Waals surface area contributed by atoms with Crippen LogP contribution >= 0.6 is 0 Å². The summed E-state index contributed by atoms with van der Waals surface area (Å²) in [6, 6.07) is 18.4. The molecule has 3 rings (SSSR count). The van der Waals surface area contributed by atoms with Crippen LogP contribution in [0.5, 0.6) is 5.75 Å². The van der Waals surface area contributed by atoms with Gasteiger partial charge in [0, 0.05) is 0 Å². The van der Waals surface area contributed by atoms with Crippen molar-refractivity contribution in [3.05, 3.63) is 66.7 Å². The lowest BCUT2D eigenvalue weighted by molar-refractivity contribution is -0.117. The highest BCUT2D eigenvalue weighted by molar-refractivity contribution is 7.89. The van der Waals surface area contributed by atoms with Crippen LogP contribution in [0.1, 0.15) is 13.8 Å². The van der Waals surface area contributed by atoms with Gasteiger partial charge in [0.25, 0.3) is 0 Å². The molecular formula is C21H22N2O4S. The maximum absolute atomic E-state index is 12.7. The summed E-state index contributed by atoms with van der Waals surface area (Å²) in [4.78, 5) is 12.6. The Morgan fingerprint density at radius 2 is 1.68 bits per heavy atom. The van der Waals surface area contributed by atoms with Crippen molar-refractivity contribution in [1.29, 1.82) is 0 Å². The molecule has 0 saturated heterocycles. The van der Waals surface area contributed by atoms with Crippen molar-refractivity contribution in [2.45, 2.75) is 24.8 Å². The fourth-order valence-corrected chi connectivity index (χ4v) is 4.02. The van der Waals surface area contributed by atoms with Gasteiger partial charge in [-0.2, -0.15) is 4.72 Å². The summed E-state index contributed by atoms with van der Waals surface area (Å²) in [6.07, 6.45) is 0. The smallest absolute Gasteiger partial charge is 0.242 e. The Morgan fingerprint density at radius 3 is 2.43 bits per heavy atom. The van der Waals surface area contributed by atoms with Crippen LogP contribution in [0.3, 0.4) is 0 Å². The van der Waals surface area contributed by atoms with Gasteiger partial charge in [-0.15, -0.1) is 0 Å². The number of anilines is 1. The lowest BCUT2D eigenvalue weighted by Gasteiger charge is -2.16. The molecule has 0 bridgehead atoms. The van der Waals surface area contributed by atoms with Crippen molar-refractivity contribution in [2.24, 2.45) is 0 Å². The third-order valence-corrected chi connectivity index (χ3v) is 5.74. The number of ether oxygens (including phenoxy) is 1. The van der Waals surface area contributed by atoms with Crippen molar-refractivity contribution < 1.29 is 17.9 Å². The molecule has 0 aliphatic heterocycles. The Labute approximate surface area is 164 Å². The molecule has 0 saturated carbocycles. The summed E-state index contributed by atoms with van der Waals surface area (Å²) in [7, 11) is -3.85. The average Bonchev–Trinajstić information content (AvgIpc) is 2.69. The summed E-state index contributed by atoms with van der Waals surface area (Å²) in [5.74, 6) is 0.0550. The van der Waals surface area contributed by atoms with E-state index in [-0.39, 0.29) is 4.90 Å². The Kier molecular flexibility index (Phi) is 5.96. The molecule has 28 heavy (non-hydrogen) atoms. The zero-order valence-corrected chi connectivity index (χ0v) is 16.5. The molecule has 6 nitrogen and oxygen atoms in total. The summed E-state index contributed by atoms with van der Waals surface area (Å²) in [5.41, 5.74) is 0.492. The summed E-state index contributed by atoms with van der Waals surface area (Å²) in [6.45, 7) is 3.80. The molecule has 3 aromatic rings. The molecule has 0 spiro atoms. The first-order chi connectivity index (χ1) is 13.4. The molecule has 0 aliphatic rings. The van der Waals surface area contributed by atoms with E-state index in [0.29, 0.717) is 18.0 Å². The second-order valence-electron chi connectivity index (χ2n) is 6.27. The molecule has 0 radical (unpaired) electrons. The van der Waals surface area contributed by atoms with E-state index < -0.39 is 22.0 Å². The topological polar surface area (TPSA) is 84.5 Å². The molecule has 2 N–H and O–H groups in total. The van der Waals surface area contributed by atoms with Crippen LogP contribution in [0, 0.1) is 0 Å². The predicted octanol–water partition coefficient (Wildman–Crippen LogP) is 3.54. The molecule has 0 unspecified atom stereocenters. The molecule has 0 aromatic heterocycles. The lowest BCUT2D eigenvalue weighted by Crippen LogP contribution is -2.41. The van der Waals surface area contributed by atoms with Crippen molar-refractivity contribution in [3.63, 3.8) is 0 Å². The van der Waals surface area contributed by atoms with Gasteiger partial charge < -0.3 is 10.1 Å². The number of nitrogens with one attached hydrogen (secondary N) is 2. The predicted molar refractivity (Wildman–Crippen MR) is 110 cm³/mol. The van der Waals surface area contributed by atoms with Gasteiger partial charge in [-0.1, -0.05) is 42.5 Å². The van der Waals surface area contributed by atoms with E-state index in [0.717, 1.165) is 10.8 Å². The van der Waals surface area contributed by atoms with Gasteiger partial charge in [-0.3, -0.25) is 4.79 Å². The van der Waals surface area contributed by atoms with Crippen LogP contribution in [-0.4, -0.2) is 27.0 Å². The monoisotopic (exact) mass is 398 g/mol. The Balaban J connectivity index is 1.75. The number of benzene rings is 3. The normalized spacial score (nSPS) is 12.5. The Hall–Kier alpha value is -2.90. The van der Waals surface area contributed by atoms with E-state index in [2.05, 4.69) is 10.0 Å². The van der Waals surface area contributed by atoms with Gasteiger partial charge in [-0.05, 0) is 48.9 Å². The summed E-state index contributed by atoms with van der Waals surface area (Å²) in [5, 5.41) is 4.47. The third-order valence-electron chi connectivity index (χ3n) is 4.20. The van der Waals surface area contributed by atoms with E-state index in [1.807, 2.05) is 31.2 Å². The van der Waals surface area contributed by atoms with Gasteiger partial charge in [0.05, 0.1) is 23.2 Å². The fraction of sp³-hybridized carbons (Fsp3) is 0.190. The molecule has 0 heterocycles. The minimum atomic E-state index is -3.85. The number of sulfonamides is 1. The van der Waals surface area contributed by atoms with Crippen LogP contribution in [0.2, 0.25) is 0 Å². The zero-order valence-electron chi connectivity index (χ0n) is 15.7. The first kappa shape index (κ1) is 19.9. The van der Waals surface area contributed by atoms with Crippen LogP contribution in [0.15, 0.2) is 71.6 Å². The third kappa shape index (κ3) is 4.49. The molecule has 0 aliphatic carbocycles. The Morgan fingerprint density at radius 1 is 1.00 bits per heavy atom. The van der Waals surface area contributed by atoms with Crippen molar-refractivity contribution in [2.75, 3.05) is 11.9 Å². The van der Waals surface area contributed by atoms with Gasteiger partial charge in [0.2, 0.25) is 15.9 Å². The minimum absolute atomic E-state index is 0.112. The molecule has 3 aromatic carbocycles. The number of para-hydroxylation sites is 2. The van der Waals surface area contributed by atoms with E-state index >= 15 is 0 Å². The van der Waals surface area contributed by atoms with Crippen molar-refractivity contribution >= 4 is 32.4 Å². The maximum atomic E-state index is 12.7. The number of carbonyl (C=O) groups excluding carboxylic acids is 1. The van der Waals surface area contributed by atoms with Crippen LogP contribution in [-0.2, 0) is 14.8 Å². The first-order valence-electron chi connectivity index (χ1n) is 8.94. The van der Waals surface area contributed by atoms with E-state index in [9.17, 15) is 13.2 Å². The van der Waals surface area contributed by atoms with Gasteiger partial charge in [0.1, 0.15) is 5.75 Å². The van der Waals surface area contributed by atoms with E-state index in [4.69, 9.17) is 4.74 Å². The largest absolute Gasteiger partial charge is 0.492 e. The summed E-state index contributed by atoms with van der Waals surface area (Å²) < 4.78 is 33.3. The van der Waals surface area contributed by atoms with E-state index in [1.54, 1.807) is 36.4 Å². The van der Waals surface area contributed by atoms with Crippen LogP contribution in [0.4, 0.5) is 5.69 Å². The molecular weight excluding hydrogens is 376 g/mol. The quantitative estimate of drug-likeness (QED) is 0.637. The second-order valence-corrected chi connectivity index (χ2v) is 7.98. The number of amides is 1. The molecule has 0 fully saturated rings. The number of fused-ring (bicyclic) bond motifs is 1. The highest BCUT2D eigenvalue weighted by Crippen LogP contribution is 2.24. The number of hydrogen-bond acceptors (Lipinski definition) is 4. The highest BCUT2D eigenvalue weighted by atomic mass is 32.2. The first-order valence-corrected chi connectivity index (χ1v) is 10.4. The fourth-order valence-electron chi connectivity index (χ4n) is 2.78. The molecule has 1 amide bonds. The van der Waals surface area contributed by atoms with Crippen LogP contribution in [0.25, 0.3) is 10.8 Å². The van der Waals surface area contributed by atoms with Gasteiger partial charge >= 0.3 is 0 Å². The highest BCUT2D eigenvalue weighted by Gasteiger charge is 2.23. The van der Waals surface area contributed by atoms with Gasteiger partial charge in [0.15, 0.2) is 0 Å². The van der Waals surface area contributed by atoms with Crippen LogP contribution < -0.4 is 14.8 Å². The minimum Gasteiger partial charge on any atom is -0.492 e. The molecule has 7 heteroatoms. The molecule has 146 valence electrons. The van der Waals surface area contributed by atoms with Crippen molar-refractivity contribution in [1.82, 2.24) is 4.72 Å².